The zero-order valence-electron chi connectivity index (χ0n) is 39.5. The van der Waals surface area contributed by atoms with Crippen LogP contribution in [0.5, 0.6) is 11.5 Å². The van der Waals surface area contributed by atoms with Crippen molar-refractivity contribution in [2.45, 2.75) is 62.1 Å². The van der Waals surface area contributed by atoms with Crippen LogP contribution in [0.25, 0.3) is 11.2 Å². The van der Waals surface area contributed by atoms with E-state index in [-0.39, 0.29) is 19.6 Å². The van der Waals surface area contributed by atoms with Gasteiger partial charge in [-0.2, -0.15) is 0 Å². The van der Waals surface area contributed by atoms with E-state index < -0.39 is 60.1 Å². The summed E-state index contributed by atoms with van der Waals surface area (Å²) >= 11 is 0. The van der Waals surface area contributed by atoms with Crippen molar-refractivity contribution in [2.24, 2.45) is 0 Å². The van der Waals surface area contributed by atoms with E-state index in [9.17, 15) is 19.5 Å². The second kappa shape index (κ2) is 22.1. The number of amides is 3. The number of carbonyl (C=O) groups is 3. The molecule has 0 aliphatic carbocycles. The van der Waals surface area contributed by atoms with Crippen molar-refractivity contribution in [3.63, 3.8) is 0 Å². The Morgan fingerprint density at radius 2 is 1.31 bits per heavy atom. The number of rotatable bonds is 19. The van der Waals surface area contributed by atoms with E-state index in [0.717, 1.165) is 27.8 Å². The molecule has 6 atom stereocenters. The van der Waals surface area contributed by atoms with Crippen molar-refractivity contribution in [2.75, 3.05) is 39.8 Å². The van der Waals surface area contributed by atoms with Gasteiger partial charge in [-0.25, -0.2) is 19.7 Å². The van der Waals surface area contributed by atoms with Crippen LogP contribution in [0.2, 0.25) is 0 Å². The molecule has 7 aromatic rings. The zero-order chi connectivity index (χ0) is 49.2. The number of carbonyl (C=O) groups excluding carboxylic acids is 3. The monoisotopic (exact) mass is 948 g/mol. The van der Waals surface area contributed by atoms with Gasteiger partial charge in [-0.1, -0.05) is 115 Å². The van der Waals surface area contributed by atoms with E-state index in [1.54, 1.807) is 23.7 Å². The molecular weight excluding hydrogens is 893 g/mol. The van der Waals surface area contributed by atoms with Crippen LogP contribution in [0.1, 0.15) is 41.0 Å². The second-order valence-corrected chi connectivity index (χ2v) is 17.0. The van der Waals surface area contributed by atoms with Crippen molar-refractivity contribution in [3.8, 4) is 11.5 Å². The molecule has 2 aromatic heterocycles. The van der Waals surface area contributed by atoms with Gasteiger partial charge in [0.2, 0.25) is 11.8 Å². The fraction of sp³-hybridized carbons (Fsp3) is 0.283. The Balaban J connectivity index is 1.10. The minimum atomic E-state index is -1.39. The molecule has 0 radical (unpaired) electrons. The quantitative estimate of drug-likeness (QED) is 0.0721. The lowest BCUT2D eigenvalue weighted by atomic mass is 9.80. The number of alkyl carbamates (subject to hydrolysis) is 1. The number of fused-ring (bicyclic) bond motifs is 1. The van der Waals surface area contributed by atoms with Gasteiger partial charge in [-0.05, 0) is 59.0 Å². The highest BCUT2D eigenvalue weighted by Crippen LogP contribution is 2.43. The predicted molar refractivity (Wildman–Crippen MR) is 261 cm³/mol. The minimum Gasteiger partial charge on any atom is -0.497 e. The topological polar surface area (TPSA) is 201 Å². The molecular formula is C53H56N8O9. The van der Waals surface area contributed by atoms with Gasteiger partial charge < -0.3 is 49.6 Å². The third-order valence-corrected chi connectivity index (χ3v) is 12.2. The molecule has 362 valence electrons. The summed E-state index contributed by atoms with van der Waals surface area (Å²) in [5, 5.41) is 20.8. The number of nitrogens with zero attached hydrogens (tertiary/aromatic N) is 5. The summed E-state index contributed by atoms with van der Waals surface area (Å²) < 4.78 is 32.1. The van der Waals surface area contributed by atoms with Gasteiger partial charge in [0.15, 0.2) is 23.2 Å². The highest BCUT2D eigenvalue weighted by molar-refractivity contribution is 5.91. The predicted octanol–water partition coefficient (Wildman–Crippen LogP) is 5.70. The molecule has 1 fully saturated rings. The third-order valence-electron chi connectivity index (χ3n) is 12.2. The smallest absolute Gasteiger partial charge is 0.408 e. The number of hydrogen-bond donors (Lipinski definition) is 4. The van der Waals surface area contributed by atoms with Crippen LogP contribution in [-0.4, -0.2) is 108 Å². The molecule has 5 aromatic carbocycles. The summed E-state index contributed by atoms with van der Waals surface area (Å²) in [6.45, 7) is 1.33. The second-order valence-electron chi connectivity index (χ2n) is 17.0. The number of hydrogen-bond acceptors (Lipinski definition) is 13. The molecule has 0 saturated carbocycles. The van der Waals surface area contributed by atoms with E-state index in [4.69, 9.17) is 23.7 Å². The van der Waals surface area contributed by atoms with Crippen LogP contribution in [0.15, 0.2) is 152 Å². The lowest BCUT2D eigenvalue weighted by Crippen LogP contribution is -2.57. The number of ether oxygens (including phenoxy) is 5. The number of anilines is 1. The molecule has 17 nitrogen and oxygen atoms in total. The SMILES string of the molecule is COc1ccc(C(OC[C@H]2O[C@@H](n3cnc4c(N(C)C)ncnc43)C(O)C2NC(=O)[C@H](C)NC(=O)[C@H](Cc2ccccc2)NC(=O)OCc2ccccc2)(c2ccccc2)c2ccc(OC)cc2)cc1. The minimum absolute atomic E-state index is 0.00584. The van der Waals surface area contributed by atoms with Gasteiger partial charge in [0.1, 0.15) is 54.3 Å². The number of nitrogens with one attached hydrogen (secondary N) is 3. The van der Waals surface area contributed by atoms with Crippen molar-refractivity contribution < 1.29 is 43.2 Å². The molecule has 0 bridgehead atoms. The van der Waals surface area contributed by atoms with E-state index in [1.807, 2.05) is 154 Å². The Kier molecular flexibility index (Phi) is 15.3. The van der Waals surface area contributed by atoms with Crippen LogP contribution in [-0.2, 0) is 42.4 Å². The molecule has 1 saturated heterocycles. The average Bonchev–Trinajstić information content (AvgIpc) is 3.96. The summed E-state index contributed by atoms with van der Waals surface area (Å²) in [4.78, 5) is 56.8. The number of aromatic nitrogens is 4. The van der Waals surface area contributed by atoms with E-state index in [1.165, 1.54) is 19.6 Å². The van der Waals surface area contributed by atoms with Crippen LogP contribution in [0.3, 0.4) is 0 Å². The third kappa shape index (κ3) is 10.7. The molecule has 2 unspecified atom stereocenters. The molecule has 1 aliphatic rings. The fourth-order valence-electron chi connectivity index (χ4n) is 8.56. The molecule has 3 heterocycles. The molecule has 3 amide bonds. The van der Waals surface area contributed by atoms with Crippen molar-refractivity contribution in [1.82, 2.24) is 35.5 Å². The van der Waals surface area contributed by atoms with E-state index in [0.29, 0.717) is 28.5 Å². The van der Waals surface area contributed by atoms with Crippen LogP contribution < -0.4 is 30.3 Å². The van der Waals surface area contributed by atoms with Crippen LogP contribution in [0.4, 0.5) is 10.6 Å². The van der Waals surface area contributed by atoms with Gasteiger partial charge in [-0.3, -0.25) is 14.2 Å². The molecule has 4 N–H and O–H groups in total. The van der Waals surface area contributed by atoms with Gasteiger partial charge in [0, 0.05) is 20.5 Å². The summed E-state index contributed by atoms with van der Waals surface area (Å²) in [6.07, 6.45) is -1.29. The van der Waals surface area contributed by atoms with Gasteiger partial charge in [-0.15, -0.1) is 0 Å². The standard InChI is InChI=1S/C53H56N8O9/c1-34(57-50(64)42(29-35-15-9-6-10-16-35)58-52(65)68-30-36-17-11-7-12-18-36)49(63)59-44-43(70-51(46(44)62)61-33-56-45-47(60(2)3)54-32-55-48(45)61)31-69-53(37-19-13-8-14-20-37,38-21-25-40(66-4)26-22-38)39-23-27-41(67-5)28-24-39/h6-28,32-34,42-44,46,51,62H,29-31H2,1-5H3,(H,57,64)(H,58,65)(H,59,63)/t34-,42-,43+,44?,46?,51+/m0/s1. The Bertz CT molecular complexity index is 2790. The Morgan fingerprint density at radius 1 is 0.743 bits per heavy atom. The number of aliphatic hydroxyl groups excluding tert-OH is 1. The first-order valence-corrected chi connectivity index (χ1v) is 22.8. The molecule has 8 rings (SSSR count). The summed E-state index contributed by atoms with van der Waals surface area (Å²) in [7, 11) is 6.87. The van der Waals surface area contributed by atoms with Gasteiger partial charge in [0.25, 0.3) is 0 Å². The van der Waals surface area contributed by atoms with E-state index >= 15 is 0 Å². The van der Waals surface area contributed by atoms with Crippen LogP contribution in [0, 0.1) is 0 Å². The van der Waals surface area contributed by atoms with Gasteiger partial charge >= 0.3 is 6.09 Å². The van der Waals surface area contributed by atoms with Crippen molar-refractivity contribution >= 4 is 34.9 Å². The lowest BCUT2D eigenvalue weighted by molar-refractivity contribution is -0.130. The van der Waals surface area contributed by atoms with Crippen molar-refractivity contribution in [1.29, 1.82) is 0 Å². The maximum Gasteiger partial charge on any atom is 0.408 e. The van der Waals surface area contributed by atoms with Gasteiger partial charge in [0.05, 0.1) is 33.2 Å². The fourth-order valence-corrected chi connectivity index (χ4v) is 8.56. The Labute approximate surface area is 405 Å². The zero-order valence-corrected chi connectivity index (χ0v) is 39.5. The highest BCUT2D eigenvalue weighted by Gasteiger charge is 2.49. The first-order chi connectivity index (χ1) is 34.0. The summed E-state index contributed by atoms with van der Waals surface area (Å²) in [5.41, 5.74) is 3.44. The lowest BCUT2D eigenvalue weighted by Gasteiger charge is -2.37. The Hall–Kier alpha value is -7.86. The van der Waals surface area contributed by atoms with Crippen LogP contribution >= 0.6 is 0 Å². The normalized spacial score (nSPS) is 17.5. The number of methoxy groups -OCH3 is 2. The van der Waals surface area contributed by atoms with E-state index in [2.05, 4.69) is 30.9 Å². The molecule has 17 heteroatoms. The number of aliphatic hydroxyl groups is 1. The first kappa shape index (κ1) is 48.6. The maximum atomic E-state index is 14.4. The average molecular weight is 949 g/mol. The molecule has 0 spiro atoms. The van der Waals surface area contributed by atoms with Crippen molar-refractivity contribution in [3.05, 3.63) is 180 Å². The maximum absolute atomic E-state index is 14.4. The Morgan fingerprint density at radius 3 is 1.90 bits per heavy atom. The largest absolute Gasteiger partial charge is 0.497 e. The highest BCUT2D eigenvalue weighted by atomic mass is 16.6. The number of imidazole rings is 1. The summed E-state index contributed by atoms with van der Waals surface area (Å²) in [6, 6.07) is 39.8. The molecule has 1 aliphatic heterocycles. The summed E-state index contributed by atoms with van der Waals surface area (Å²) in [5.74, 6) is 0.588. The first-order valence-electron chi connectivity index (χ1n) is 22.8. The molecule has 70 heavy (non-hydrogen) atoms. The number of benzene rings is 5.